The van der Waals surface area contributed by atoms with Crippen LogP contribution in [0.3, 0.4) is 0 Å². The summed E-state index contributed by atoms with van der Waals surface area (Å²) in [5, 5.41) is 1.57. The molecule has 4 aromatic carbocycles. The third-order valence-corrected chi connectivity index (χ3v) is 17.4. The van der Waals surface area contributed by atoms with Crippen LogP contribution in [0.1, 0.15) is 169 Å². The first-order valence-corrected chi connectivity index (χ1v) is 31.6. The number of aryl methyl sites for hydroxylation is 2. The molecule has 0 spiro atoms. The Kier molecular flexibility index (Phi) is 26.7. The van der Waals surface area contributed by atoms with Gasteiger partial charge in [-0.1, -0.05) is 251 Å². The molecule has 0 bridgehead atoms. The van der Waals surface area contributed by atoms with E-state index in [4.69, 9.17) is 24.3 Å². The van der Waals surface area contributed by atoms with Crippen LogP contribution in [0.5, 0.6) is 0 Å². The summed E-state index contributed by atoms with van der Waals surface area (Å²) in [6.07, 6.45) is 5.54. The number of pyridine rings is 3. The zero-order valence-corrected chi connectivity index (χ0v) is 56.7. The van der Waals surface area contributed by atoms with Gasteiger partial charge in [0.25, 0.3) is 0 Å². The van der Waals surface area contributed by atoms with E-state index < -0.39 is 0 Å². The highest BCUT2D eigenvalue weighted by atomic mass is 127. The van der Waals surface area contributed by atoms with E-state index in [-0.39, 0.29) is 49.4 Å². The molecule has 448 valence electrons. The minimum atomic E-state index is -0.311. The van der Waals surface area contributed by atoms with E-state index in [0.717, 1.165) is 92.8 Å². The van der Waals surface area contributed by atoms with Gasteiger partial charge in [0.15, 0.2) is 0 Å². The van der Waals surface area contributed by atoms with Crippen LogP contribution in [0.4, 0.5) is 10.3 Å². The molecule has 1 saturated heterocycles. The Labute approximate surface area is 540 Å². The molecule has 1 aliphatic rings. The van der Waals surface area contributed by atoms with Gasteiger partial charge in [-0.05, 0) is 112 Å². The highest BCUT2D eigenvalue weighted by Crippen LogP contribution is 2.38. The lowest BCUT2D eigenvalue weighted by atomic mass is 9.77. The van der Waals surface area contributed by atoms with Crippen molar-refractivity contribution in [3.63, 3.8) is 0 Å². The molecule has 5 aromatic heterocycles. The molecule has 1 fully saturated rings. The van der Waals surface area contributed by atoms with Crippen molar-refractivity contribution in [3.05, 3.63) is 234 Å². The Hall–Kier alpha value is -5.88. The topological polar surface area (TPSA) is 108 Å². The first-order chi connectivity index (χ1) is 39.2. The number of nitrogens with zero attached hydrogens (tertiary/aromatic N) is 7. The van der Waals surface area contributed by atoms with Gasteiger partial charge in [-0.25, -0.2) is 20.0 Å². The van der Waals surface area contributed by atoms with Crippen LogP contribution in [-0.4, -0.2) is 54.7 Å². The minimum absolute atomic E-state index is 0. The molecular formula is C71H88BBrIN7O2S2. The number of rotatable bonds is 8. The zero-order valence-electron chi connectivity index (χ0n) is 51.3. The summed E-state index contributed by atoms with van der Waals surface area (Å²) in [4.78, 5) is 33.5. The van der Waals surface area contributed by atoms with Gasteiger partial charge in [0, 0.05) is 78.6 Å². The Morgan fingerprint density at radius 3 is 1.21 bits per heavy atom. The van der Waals surface area contributed by atoms with Crippen molar-refractivity contribution in [1.29, 1.82) is 0 Å². The lowest BCUT2D eigenvalue weighted by molar-refractivity contribution is 0.00578. The van der Waals surface area contributed by atoms with Crippen LogP contribution in [0.2, 0.25) is 0 Å². The molecule has 1 aliphatic heterocycles. The summed E-state index contributed by atoms with van der Waals surface area (Å²) in [6, 6.07) is 53.3. The van der Waals surface area contributed by atoms with E-state index in [1.165, 1.54) is 2.88 Å². The Morgan fingerprint density at radius 2 is 0.847 bits per heavy atom. The van der Waals surface area contributed by atoms with Gasteiger partial charge in [0.1, 0.15) is 0 Å². The van der Waals surface area contributed by atoms with Crippen molar-refractivity contribution in [1.82, 2.24) is 24.9 Å². The quantitative estimate of drug-likeness (QED) is 0.0847. The fraction of sp³-hybridized carbons (Fsp3) is 0.338. The third-order valence-electron chi connectivity index (χ3n) is 13.5. The number of thiazole rings is 2. The zero-order chi connectivity index (χ0) is 60.8. The SMILES string of the molecule is C.C.CC.CC(C)(C)c1cc(B2OC(C)(C)C(C)(C)O2)ccn1.CC(C)(C)c1cc(Br)ccn1.Cc1nc(N=C(c2ccccc2)c2ccccc2)sc1-c1ccnc(C(C)(C)C)c1.Cc1nc(N=C(c2ccccc2)c2ccccc2)sc1I. The molecule has 0 aliphatic carbocycles. The third kappa shape index (κ3) is 20.4. The molecular weight excluding hydrogens is 1260 g/mol. The molecule has 6 heterocycles. The fourth-order valence-corrected chi connectivity index (χ4v) is 10.7. The number of aliphatic imine (C=N–C) groups is 2. The second-order valence-corrected chi connectivity index (χ2v) is 28.4. The highest BCUT2D eigenvalue weighted by molar-refractivity contribution is 14.1. The number of benzene rings is 4. The lowest BCUT2D eigenvalue weighted by Gasteiger charge is -2.32. The van der Waals surface area contributed by atoms with E-state index in [1.807, 2.05) is 131 Å². The number of hydrogen-bond donors (Lipinski definition) is 0. The van der Waals surface area contributed by atoms with Gasteiger partial charge < -0.3 is 9.31 Å². The predicted molar refractivity (Wildman–Crippen MR) is 379 cm³/mol. The number of halogens is 2. The summed E-state index contributed by atoms with van der Waals surface area (Å²) >= 11 is 8.97. The van der Waals surface area contributed by atoms with Gasteiger partial charge in [0.2, 0.25) is 10.3 Å². The maximum absolute atomic E-state index is 6.07. The van der Waals surface area contributed by atoms with Gasteiger partial charge in [0.05, 0.1) is 41.8 Å². The maximum Gasteiger partial charge on any atom is 0.494 e. The molecule has 9 nitrogen and oxygen atoms in total. The van der Waals surface area contributed by atoms with Crippen LogP contribution in [0.25, 0.3) is 10.4 Å². The molecule has 10 rings (SSSR count). The monoisotopic (exact) mass is 1350 g/mol. The van der Waals surface area contributed by atoms with Crippen molar-refractivity contribution >= 4 is 95.5 Å². The fourth-order valence-electron chi connectivity index (χ4n) is 8.06. The van der Waals surface area contributed by atoms with Crippen molar-refractivity contribution < 1.29 is 9.31 Å². The molecule has 85 heavy (non-hydrogen) atoms. The first kappa shape index (κ1) is 71.6. The first-order valence-electron chi connectivity index (χ1n) is 28.1. The number of aromatic nitrogens is 5. The summed E-state index contributed by atoms with van der Waals surface area (Å²) in [5.74, 6) is 0. The minimum Gasteiger partial charge on any atom is -0.399 e. The summed E-state index contributed by atoms with van der Waals surface area (Å²) in [5.41, 5.74) is 13.3. The summed E-state index contributed by atoms with van der Waals surface area (Å²) in [7, 11) is -0.311. The number of hydrogen-bond acceptors (Lipinski definition) is 11. The van der Waals surface area contributed by atoms with Crippen molar-refractivity contribution in [2.24, 2.45) is 9.98 Å². The molecule has 0 unspecified atom stereocenters. The van der Waals surface area contributed by atoms with E-state index in [0.29, 0.717) is 0 Å². The van der Waals surface area contributed by atoms with Crippen LogP contribution in [-0.2, 0) is 25.6 Å². The average molecular weight is 1350 g/mol. The van der Waals surface area contributed by atoms with E-state index in [9.17, 15) is 0 Å². The molecule has 0 saturated carbocycles. The average Bonchev–Trinajstić information content (AvgIpc) is 4.18. The van der Waals surface area contributed by atoms with Gasteiger partial charge in [-0.2, -0.15) is 0 Å². The van der Waals surface area contributed by atoms with Gasteiger partial charge in [-0.15, -0.1) is 0 Å². The van der Waals surface area contributed by atoms with Gasteiger partial charge >= 0.3 is 7.12 Å². The standard InChI is InChI=1S/C26H25N3S.C17H13IN2S.C15H24BNO2.C9H12BrN.C2H6.2CH4/c1-18-24(21-15-16-27-22(17-21)26(2,3)4)30-25(28-18)29-23(19-11-7-5-8-12-19)20-13-9-6-10-14-20;1-12-16(18)21-17(19-12)20-15(13-8-4-2-5-9-13)14-10-6-3-7-11-14;1-13(2,3)12-10-11(8-9-17-12)16-18-14(4,5)15(6,7)19-16;1-9(2,3)8-6-7(10)4-5-11-8;1-2;;/h5-17H,1-4H3;2-11H,1H3;8-10H,1-7H3;4-6H,1-3H3;1-2H3;2*1H4. The maximum atomic E-state index is 6.07. The molecule has 0 N–H and O–H groups in total. The predicted octanol–water partition coefficient (Wildman–Crippen LogP) is 20.3. The second kappa shape index (κ2) is 31.7. The van der Waals surface area contributed by atoms with Gasteiger partial charge in [-0.3, -0.25) is 15.0 Å². The van der Waals surface area contributed by atoms with E-state index >= 15 is 0 Å². The summed E-state index contributed by atoms with van der Waals surface area (Å²) in [6.45, 7) is 35.8. The lowest BCUT2D eigenvalue weighted by Crippen LogP contribution is -2.41. The van der Waals surface area contributed by atoms with E-state index in [1.54, 1.807) is 22.7 Å². The van der Waals surface area contributed by atoms with Crippen molar-refractivity contribution in [2.75, 3.05) is 0 Å². The molecule has 14 heteroatoms. The van der Waals surface area contributed by atoms with Crippen molar-refractivity contribution in [3.8, 4) is 10.4 Å². The Morgan fingerprint density at radius 1 is 0.494 bits per heavy atom. The smallest absolute Gasteiger partial charge is 0.399 e. The van der Waals surface area contributed by atoms with Crippen LogP contribution in [0, 0.1) is 16.7 Å². The normalized spacial score (nSPS) is 13.0. The van der Waals surface area contributed by atoms with Crippen LogP contribution in [0.15, 0.2) is 191 Å². The highest BCUT2D eigenvalue weighted by Gasteiger charge is 2.51. The van der Waals surface area contributed by atoms with E-state index in [2.05, 4.69) is 221 Å². The molecule has 0 amide bonds. The van der Waals surface area contributed by atoms with Crippen LogP contribution < -0.4 is 5.46 Å². The molecule has 0 atom stereocenters. The van der Waals surface area contributed by atoms with Crippen molar-refractivity contribution in [2.45, 2.75) is 160 Å². The van der Waals surface area contributed by atoms with Crippen LogP contribution >= 0.6 is 61.2 Å². The molecule has 9 aromatic rings. The second-order valence-electron chi connectivity index (χ2n) is 23.8. The largest absolute Gasteiger partial charge is 0.494 e. The Balaban J connectivity index is 0.000000250. The molecule has 0 radical (unpaired) electrons. The summed E-state index contributed by atoms with van der Waals surface area (Å²) < 4.78 is 14.4. The Bertz CT molecular complexity index is 3430.